The van der Waals surface area contributed by atoms with E-state index in [1.54, 1.807) is 7.11 Å². The third-order valence-corrected chi connectivity index (χ3v) is 2.75. The van der Waals surface area contributed by atoms with Gasteiger partial charge in [0.2, 0.25) is 0 Å². The topological polar surface area (TPSA) is 39.7 Å². The fourth-order valence-corrected chi connectivity index (χ4v) is 1.80. The van der Waals surface area contributed by atoms with E-state index in [1.807, 2.05) is 25.1 Å². The molecule has 94 valence electrons. The first-order valence-corrected chi connectivity index (χ1v) is 5.89. The molecule has 0 bridgehead atoms. The average Bonchev–Trinajstić information content (AvgIpc) is 2.38. The number of aryl methyl sites for hydroxylation is 1. The molecule has 1 aliphatic rings. The van der Waals surface area contributed by atoms with Crippen molar-refractivity contribution in [2.75, 3.05) is 33.4 Å². The summed E-state index contributed by atoms with van der Waals surface area (Å²) in [6.07, 6.45) is 0.120. The molecule has 2 rings (SSSR count). The SMILES string of the molecule is COc1cc(C)ccc1OCC1CNCCO1. The molecule has 0 aliphatic carbocycles. The van der Waals surface area contributed by atoms with E-state index >= 15 is 0 Å². The summed E-state index contributed by atoms with van der Waals surface area (Å²) < 4.78 is 16.6. The number of methoxy groups -OCH3 is 1. The Morgan fingerprint density at radius 1 is 1.41 bits per heavy atom. The number of nitrogens with one attached hydrogen (secondary N) is 1. The second kappa shape index (κ2) is 5.89. The summed E-state index contributed by atoms with van der Waals surface area (Å²) in [6.45, 7) is 5.09. The summed E-state index contributed by atoms with van der Waals surface area (Å²) in [6, 6.07) is 5.91. The minimum absolute atomic E-state index is 0.120. The van der Waals surface area contributed by atoms with Crippen molar-refractivity contribution < 1.29 is 14.2 Å². The van der Waals surface area contributed by atoms with Gasteiger partial charge < -0.3 is 19.5 Å². The van der Waals surface area contributed by atoms with Gasteiger partial charge in [-0.05, 0) is 24.6 Å². The zero-order valence-corrected chi connectivity index (χ0v) is 10.4. The van der Waals surface area contributed by atoms with Gasteiger partial charge in [-0.1, -0.05) is 6.07 Å². The third kappa shape index (κ3) is 3.35. The Balaban J connectivity index is 1.93. The molecule has 1 N–H and O–H groups in total. The van der Waals surface area contributed by atoms with E-state index in [4.69, 9.17) is 14.2 Å². The van der Waals surface area contributed by atoms with Crippen LogP contribution in [0.3, 0.4) is 0 Å². The smallest absolute Gasteiger partial charge is 0.161 e. The maximum atomic E-state index is 5.73. The lowest BCUT2D eigenvalue weighted by atomic mass is 10.2. The van der Waals surface area contributed by atoms with Crippen molar-refractivity contribution >= 4 is 0 Å². The van der Waals surface area contributed by atoms with Gasteiger partial charge in [0.05, 0.1) is 13.7 Å². The summed E-state index contributed by atoms with van der Waals surface area (Å²) in [5.41, 5.74) is 1.16. The van der Waals surface area contributed by atoms with E-state index in [9.17, 15) is 0 Å². The molecule has 1 saturated heterocycles. The van der Waals surface area contributed by atoms with E-state index in [1.165, 1.54) is 0 Å². The average molecular weight is 237 g/mol. The van der Waals surface area contributed by atoms with E-state index in [2.05, 4.69) is 5.32 Å². The first-order valence-electron chi connectivity index (χ1n) is 5.89. The molecular weight excluding hydrogens is 218 g/mol. The molecular formula is C13H19NO3. The maximum Gasteiger partial charge on any atom is 0.161 e. The first kappa shape index (κ1) is 12.2. The lowest BCUT2D eigenvalue weighted by Gasteiger charge is -2.24. The Morgan fingerprint density at radius 2 is 2.29 bits per heavy atom. The van der Waals surface area contributed by atoms with Gasteiger partial charge in [0.25, 0.3) is 0 Å². The van der Waals surface area contributed by atoms with Gasteiger partial charge in [0, 0.05) is 13.1 Å². The van der Waals surface area contributed by atoms with Crippen molar-refractivity contribution in [1.29, 1.82) is 0 Å². The van der Waals surface area contributed by atoms with Crippen LogP contribution in [0, 0.1) is 6.92 Å². The van der Waals surface area contributed by atoms with Crippen molar-refractivity contribution in [3.05, 3.63) is 23.8 Å². The van der Waals surface area contributed by atoms with Crippen molar-refractivity contribution in [1.82, 2.24) is 5.32 Å². The van der Waals surface area contributed by atoms with Gasteiger partial charge >= 0.3 is 0 Å². The van der Waals surface area contributed by atoms with Crippen LogP contribution >= 0.6 is 0 Å². The lowest BCUT2D eigenvalue weighted by molar-refractivity contribution is -0.000265. The molecule has 0 amide bonds. The number of hydrogen-bond donors (Lipinski definition) is 1. The quantitative estimate of drug-likeness (QED) is 0.858. The molecule has 1 aromatic carbocycles. The van der Waals surface area contributed by atoms with Gasteiger partial charge in [0.15, 0.2) is 11.5 Å². The van der Waals surface area contributed by atoms with Crippen molar-refractivity contribution in [3.63, 3.8) is 0 Å². The minimum atomic E-state index is 0.120. The highest BCUT2D eigenvalue weighted by Crippen LogP contribution is 2.27. The van der Waals surface area contributed by atoms with Crippen LogP contribution in [0.15, 0.2) is 18.2 Å². The van der Waals surface area contributed by atoms with Crippen molar-refractivity contribution in [3.8, 4) is 11.5 Å². The maximum absolute atomic E-state index is 5.73. The molecule has 1 unspecified atom stereocenters. The molecule has 1 atom stereocenters. The van der Waals surface area contributed by atoms with Crippen molar-refractivity contribution in [2.45, 2.75) is 13.0 Å². The Hall–Kier alpha value is -1.26. The lowest BCUT2D eigenvalue weighted by Crippen LogP contribution is -2.41. The first-order chi connectivity index (χ1) is 8.29. The fourth-order valence-electron chi connectivity index (χ4n) is 1.80. The van der Waals surface area contributed by atoms with Gasteiger partial charge in [-0.25, -0.2) is 0 Å². The van der Waals surface area contributed by atoms with E-state index in [0.29, 0.717) is 6.61 Å². The van der Waals surface area contributed by atoms with Crippen LogP contribution in [0.1, 0.15) is 5.56 Å². The molecule has 1 aliphatic heterocycles. The van der Waals surface area contributed by atoms with Crippen LogP contribution in [0.5, 0.6) is 11.5 Å². The van der Waals surface area contributed by atoms with Gasteiger partial charge in [-0.2, -0.15) is 0 Å². The monoisotopic (exact) mass is 237 g/mol. The molecule has 4 heteroatoms. The summed E-state index contributed by atoms with van der Waals surface area (Å²) in [4.78, 5) is 0. The molecule has 4 nitrogen and oxygen atoms in total. The summed E-state index contributed by atoms with van der Waals surface area (Å²) in [7, 11) is 1.65. The Bertz CT molecular complexity index is 362. The Labute approximate surface area is 102 Å². The number of hydrogen-bond acceptors (Lipinski definition) is 4. The second-order valence-electron chi connectivity index (χ2n) is 4.16. The molecule has 0 spiro atoms. The van der Waals surface area contributed by atoms with Crippen LogP contribution in [0.2, 0.25) is 0 Å². The van der Waals surface area contributed by atoms with Crippen molar-refractivity contribution in [2.24, 2.45) is 0 Å². The van der Waals surface area contributed by atoms with Crippen LogP contribution in [0.4, 0.5) is 0 Å². The van der Waals surface area contributed by atoms with Crippen LogP contribution in [-0.2, 0) is 4.74 Å². The van der Waals surface area contributed by atoms with E-state index in [-0.39, 0.29) is 6.10 Å². The Morgan fingerprint density at radius 3 is 3.00 bits per heavy atom. The predicted molar refractivity (Wildman–Crippen MR) is 65.8 cm³/mol. The molecule has 17 heavy (non-hydrogen) atoms. The molecule has 1 fully saturated rings. The predicted octanol–water partition coefficient (Wildman–Crippen LogP) is 1.37. The van der Waals surface area contributed by atoms with Gasteiger partial charge in [-0.15, -0.1) is 0 Å². The third-order valence-electron chi connectivity index (χ3n) is 2.75. The second-order valence-corrected chi connectivity index (χ2v) is 4.16. The summed E-state index contributed by atoms with van der Waals surface area (Å²) in [5, 5.41) is 3.27. The highest BCUT2D eigenvalue weighted by Gasteiger charge is 2.15. The largest absolute Gasteiger partial charge is 0.493 e. The van der Waals surface area contributed by atoms with E-state index < -0.39 is 0 Å². The fraction of sp³-hybridized carbons (Fsp3) is 0.538. The molecule has 0 radical (unpaired) electrons. The number of rotatable bonds is 4. The summed E-state index contributed by atoms with van der Waals surface area (Å²) in [5.74, 6) is 1.54. The molecule has 1 heterocycles. The highest BCUT2D eigenvalue weighted by atomic mass is 16.5. The van der Waals surface area contributed by atoms with Crippen LogP contribution in [-0.4, -0.2) is 39.5 Å². The molecule has 0 aromatic heterocycles. The minimum Gasteiger partial charge on any atom is -0.493 e. The normalized spacial score (nSPS) is 20.0. The van der Waals surface area contributed by atoms with Gasteiger partial charge in [0.1, 0.15) is 12.7 Å². The number of morpholine rings is 1. The summed E-state index contributed by atoms with van der Waals surface area (Å²) >= 11 is 0. The number of ether oxygens (including phenoxy) is 3. The van der Waals surface area contributed by atoms with E-state index in [0.717, 1.165) is 36.8 Å². The highest BCUT2D eigenvalue weighted by molar-refractivity contribution is 5.42. The Kier molecular flexibility index (Phi) is 4.23. The zero-order valence-electron chi connectivity index (χ0n) is 10.4. The van der Waals surface area contributed by atoms with Crippen LogP contribution < -0.4 is 14.8 Å². The molecule has 1 aromatic rings. The standard InChI is InChI=1S/C13H19NO3/c1-10-3-4-12(13(7-10)15-2)17-9-11-8-14-5-6-16-11/h3-4,7,11,14H,5-6,8-9H2,1-2H3. The van der Waals surface area contributed by atoms with Gasteiger partial charge in [-0.3, -0.25) is 0 Å². The van der Waals surface area contributed by atoms with Crippen LogP contribution in [0.25, 0.3) is 0 Å². The zero-order chi connectivity index (χ0) is 12.1. The number of benzene rings is 1. The molecule has 0 saturated carbocycles.